The van der Waals surface area contributed by atoms with Crippen molar-refractivity contribution in [1.29, 1.82) is 0 Å². The van der Waals surface area contributed by atoms with Crippen LogP contribution in [-0.4, -0.2) is 35.7 Å². The summed E-state index contributed by atoms with van der Waals surface area (Å²) in [7, 11) is 0. The van der Waals surface area contributed by atoms with Crippen LogP contribution in [-0.2, 0) is 6.42 Å². The zero-order valence-corrected chi connectivity index (χ0v) is 13.9. The number of benzene rings is 1. The Morgan fingerprint density at radius 2 is 2.05 bits per heavy atom. The van der Waals surface area contributed by atoms with Crippen LogP contribution in [0.1, 0.15) is 55.5 Å². The van der Waals surface area contributed by atoms with E-state index in [-0.39, 0.29) is 12.0 Å². The SMILES string of the molecule is CCCc1ccc(C(Cl)CN2CCCCC2CCO)cc1. The minimum atomic E-state index is 0.0416. The Morgan fingerprint density at radius 3 is 2.71 bits per heavy atom. The van der Waals surface area contributed by atoms with Crippen molar-refractivity contribution in [3.05, 3.63) is 35.4 Å². The van der Waals surface area contributed by atoms with Crippen LogP contribution in [0, 0.1) is 0 Å². The van der Waals surface area contributed by atoms with Gasteiger partial charge < -0.3 is 5.11 Å². The predicted octanol–water partition coefficient (Wildman–Crippen LogP) is 4.16. The summed E-state index contributed by atoms with van der Waals surface area (Å²) >= 11 is 6.63. The molecule has 1 saturated heterocycles. The molecule has 0 aromatic heterocycles. The molecule has 1 aliphatic heterocycles. The molecular formula is C18H28ClNO. The molecule has 118 valence electrons. The molecule has 1 N–H and O–H groups in total. The van der Waals surface area contributed by atoms with E-state index in [1.54, 1.807) is 0 Å². The number of rotatable bonds is 7. The lowest BCUT2D eigenvalue weighted by atomic mass is 9.98. The lowest BCUT2D eigenvalue weighted by Crippen LogP contribution is -2.41. The molecule has 2 nitrogen and oxygen atoms in total. The van der Waals surface area contributed by atoms with E-state index < -0.39 is 0 Å². The summed E-state index contributed by atoms with van der Waals surface area (Å²) in [6.45, 7) is 4.48. The summed E-state index contributed by atoms with van der Waals surface area (Å²) in [5, 5.41) is 9.25. The number of likely N-dealkylation sites (tertiary alicyclic amines) is 1. The first kappa shape index (κ1) is 16.8. The molecule has 0 radical (unpaired) electrons. The topological polar surface area (TPSA) is 23.5 Å². The Bertz CT molecular complexity index is 404. The number of aryl methyl sites for hydroxylation is 1. The standard InChI is InChI=1S/C18H28ClNO/c1-2-5-15-7-9-16(10-8-15)18(19)14-20-12-4-3-6-17(20)11-13-21/h7-10,17-18,21H,2-6,11-14H2,1H3. The molecule has 0 bridgehead atoms. The normalized spacial score (nSPS) is 21.4. The molecule has 0 amide bonds. The van der Waals surface area contributed by atoms with Gasteiger partial charge in [-0.05, 0) is 43.4 Å². The quantitative estimate of drug-likeness (QED) is 0.765. The second-order valence-electron chi connectivity index (χ2n) is 6.12. The third kappa shape index (κ3) is 4.98. The van der Waals surface area contributed by atoms with Gasteiger partial charge in [0.05, 0.1) is 5.38 Å². The summed E-state index contributed by atoms with van der Waals surface area (Å²) < 4.78 is 0. The number of piperidine rings is 1. The van der Waals surface area contributed by atoms with Gasteiger partial charge in [-0.15, -0.1) is 11.6 Å². The molecule has 1 aliphatic rings. The van der Waals surface area contributed by atoms with Crippen molar-refractivity contribution in [2.75, 3.05) is 19.7 Å². The van der Waals surface area contributed by atoms with Crippen LogP contribution in [0.25, 0.3) is 0 Å². The van der Waals surface area contributed by atoms with Gasteiger partial charge in [-0.1, -0.05) is 44.0 Å². The zero-order valence-electron chi connectivity index (χ0n) is 13.1. The second-order valence-corrected chi connectivity index (χ2v) is 6.64. The molecule has 1 aromatic rings. The minimum absolute atomic E-state index is 0.0416. The van der Waals surface area contributed by atoms with Crippen molar-refractivity contribution < 1.29 is 5.11 Å². The fraction of sp³-hybridized carbons (Fsp3) is 0.667. The van der Waals surface area contributed by atoms with Gasteiger partial charge in [0.25, 0.3) is 0 Å². The molecule has 2 unspecified atom stereocenters. The molecule has 1 heterocycles. The lowest BCUT2D eigenvalue weighted by Gasteiger charge is -2.36. The van der Waals surface area contributed by atoms with Gasteiger partial charge in [-0.2, -0.15) is 0 Å². The first-order valence-corrected chi connectivity index (χ1v) is 8.76. The number of alkyl halides is 1. The van der Waals surface area contributed by atoms with Crippen LogP contribution in [0.5, 0.6) is 0 Å². The fourth-order valence-electron chi connectivity index (χ4n) is 3.27. The van der Waals surface area contributed by atoms with Gasteiger partial charge in [0, 0.05) is 19.2 Å². The number of aliphatic hydroxyl groups is 1. The van der Waals surface area contributed by atoms with E-state index in [1.165, 1.54) is 36.8 Å². The van der Waals surface area contributed by atoms with Crippen molar-refractivity contribution in [3.63, 3.8) is 0 Å². The van der Waals surface area contributed by atoms with E-state index in [4.69, 9.17) is 11.6 Å². The highest BCUT2D eigenvalue weighted by atomic mass is 35.5. The van der Waals surface area contributed by atoms with E-state index in [9.17, 15) is 5.11 Å². The third-order valence-electron chi connectivity index (χ3n) is 4.49. The summed E-state index contributed by atoms with van der Waals surface area (Å²) in [6.07, 6.45) is 6.91. The molecule has 21 heavy (non-hydrogen) atoms. The van der Waals surface area contributed by atoms with Gasteiger partial charge in [0.15, 0.2) is 0 Å². The molecule has 0 saturated carbocycles. The highest BCUT2D eigenvalue weighted by molar-refractivity contribution is 6.21. The van der Waals surface area contributed by atoms with Crippen molar-refractivity contribution in [2.45, 2.75) is 56.9 Å². The number of hydrogen-bond donors (Lipinski definition) is 1. The van der Waals surface area contributed by atoms with Gasteiger partial charge in [0.2, 0.25) is 0 Å². The Labute approximate surface area is 134 Å². The summed E-state index contributed by atoms with van der Waals surface area (Å²) in [5.74, 6) is 0. The lowest BCUT2D eigenvalue weighted by molar-refractivity contribution is 0.119. The van der Waals surface area contributed by atoms with Crippen LogP contribution in [0.2, 0.25) is 0 Å². The largest absolute Gasteiger partial charge is 0.396 e. The van der Waals surface area contributed by atoms with Crippen LogP contribution in [0.4, 0.5) is 0 Å². The monoisotopic (exact) mass is 309 g/mol. The predicted molar refractivity (Wildman–Crippen MR) is 89.9 cm³/mol. The van der Waals surface area contributed by atoms with E-state index in [1.807, 2.05) is 0 Å². The Balaban J connectivity index is 1.93. The molecule has 2 rings (SSSR count). The van der Waals surface area contributed by atoms with Crippen LogP contribution in [0.3, 0.4) is 0 Å². The van der Waals surface area contributed by atoms with Crippen molar-refractivity contribution >= 4 is 11.6 Å². The third-order valence-corrected chi connectivity index (χ3v) is 4.88. The molecule has 3 heteroatoms. The van der Waals surface area contributed by atoms with E-state index in [0.717, 1.165) is 25.9 Å². The smallest absolute Gasteiger partial charge is 0.0712 e. The van der Waals surface area contributed by atoms with E-state index in [0.29, 0.717) is 6.04 Å². The van der Waals surface area contributed by atoms with Crippen molar-refractivity contribution in [1.82, 2.24) is 4.90 Å². The maximum Gasteiger partial charge on any atom is 0.0712 e. The summed E-state index contributed by atoms with van der Waals surface area (Å²) in [6, 6.07) is 9.26. The molecule has 1 fully saturated rings. The molecular weight excluding hydrogens is 282 g/mol. The van der Waals surface area contributed by atoms with Gasteiger partial charge in [-0.25, -0.2) is 0 Å². The van der Waals surface area contributed by atoms with Crippen LogP contribution >= 0.6 is 11.6 Å². The Hall–Kier alpha value is -0.570. The van der Waals surface area contributed by atoms with Gasteiger partial charge in [-0.3, -0.25) is 4.90 Å². The van der Waals surface area contributed by atoms with Crippen LogP contribution < -0.4 is 0 Å². The molecule has 0 spiro atoms. The van der Waals surface area contributed by atoms with Gasteiger partial charge in [0.1, 0.15) is 0 Å². The number of nitrogens with zero attached hydrogens (tertiary/aromatic N) is 1. The molecule has 0 aliphatic carbocycles. The highest BCUT2D eigenvalue weighted by Crippen LogP contribution is 2.27. The second kappa shape index (κ2) is 8.77. The minimum Gasteiger partial charge on any atom is -0.396 e. The average molecular weight is 310 g/mol. The fourth-order valence-corrected chi connectivity index (χ4v) is 3.59. The summed E-state index contributed by atoms with van der Waals surface area (Å²) in [4.78, 5) is 2.47. The zero-order chi connectivity index (χ0) is 15.1. The number of halogens is 1. The molecule has 1 aromatic carbocycles. The molecule has 2 atom stereocenters. The highest BCUT2D eigenvalue weighted by Gasteiger charge is 2.24. The van der Waals surface area contributed by atoms with Crippen molar-refractivity contribution in [3.8, 4) is 0 Å². The first-order chi connectivity index (χ1) is 10.2. The van der Waals surface area contributed by atoms with E-state index in [2.05, 4.69) is 36.1 Å². The van der Waals surface area contributed by atoms with Crippen LogP contribution in [0.15, 0.2) is 24.3 Å². The Morgan fingerprint density at radius 1 is 1.29 bits per heavy atom. The maximum absolute atomic E-state index is 9.21. The first-order valence-electron chi connectivity index (χ1n) is 8.32. The maximum atomic E-state index is 9.21. The van der Waals surface area contributed by atoms with E-state index >= 15 is 0 Å². The van der Waals surface area contributed by atoms with Crippen molar-refractivity contribution in [2.24, 2.45) is 0 Å². The average Bonchev–Trinajstić information content (AvgIpc) is 2.50. The number of aliphatic hydroxyl groups excluding tert-OH is 1. The van der Waals surface area contributed by atoms with Gasteiger partial charge >= 0.3 is 0 Å². The summed E-state index contributed by atoms with van der Waals surface area (Å²) in [5.41, 5.74) is 2.60. The number of hydrogen-bond acceptors (Lipinski definition) is 2. The Kier molecular flexibility index (Phi) is 7.01.